The number of benzene rings is 3. The Hall–Kier alpha value is -3.89. The zero-order chi connectivity index (χ0) is 25.7. The summed E-state index contributed by atoms with van der Waals surface area (Å²) in [5.74, 6) is -1.58. The van der Waals surface area contributed by atoms with E-state index in [1.807, 2.05) is 12.1 Å². The molecule has 1 saturated heterocycles. The third-order valence-corrected chi connectivity index (χ3v) is 7.76. The molecule has 36 heavy (non-hydrogen) atoms. The van der Waals surface area contributed by atoms with Crippen molar-refractivity contribution >= 4 is 39.0 Å². The van der Waals surface area contributed by atoms with Crippen LogP contribution < -0.4 is 19.8 Å². The second-order valence-electron chi connectivity index (χ2n) is 8.46. The highest BCUT2D eigenvalue weighted by Gasteiger charge is 2.27. The number of aliphatic carboxylic acids is 1. The van der Waals surface area contributed by atoms with Crippen molar-refractivity contribution in [2.45, 2.75) is 11.8 Å². The molecule has 0 spiro atoms. The fourth-order valence-electron chi connectivity index (χ4n) is 4.04. The molecule has 1 heterocycles. The normalized spacial score (nSPS) is 13.8. The van der Waals surface area contributed by atoms with Crippen molar-refractivity contribution in [2.24, 2.45) is 0 Å². The van der Waals surface area contributed by atoms with E-state index in [0.29, 0.717) is 16.8 Å². The number of carbonyl (C=O) groups excluding carboxylic acids is 1. The van der Waals surface area contributed by atoms with E-state index in [1.165, 1.54) is 18.2 Å². The predicted octanol–water partition coefficient (Wildman–Crippen LogP) is 2.94. The number of nitrogens with zero attached hydrogens (tertiary/aromatic N) is 2. The summed E-state index contributed by atoms with van der Waals surface area (Å²) in [4.78, 5) is 26.6. The fourth-order valence-corrected chi connectivity index (χ4v) is 5.47. The third kappa shape index (κ3) is 5.67. The van der Waals surface area contributed by atoms with Gasteiger partial charge in [-0.15, -0.1) is 0 Å². The van der Waals surface area contributed by atoms with Crippen molar-refractivity contribution in [1.82, 2.24) is 5.32 Å². The van der Waals surface area contributed by atoms with E-state index in [0.717, 1.165) is 36.2 Å². The van der Waals surface area contributed by atoms with Gasteiger partial charge in [0.25, 0.3) is 15.9 Å². The largest absolute Gasteiger partial charge is 0.480 e. The SMILES string of the molecule is Cc1cc(N(CC(=O)O)S(=O)(=O)c2ccccc2)ccc1NC(=O)c1ccc(N2CCNCC2)cc1. The fraction of sp³-hybridized carbons (Fsp3) is 0.231. The quantitative estimate of drug-likeness (QED) is 0.428. The predicted molar refractivity (Wildman–Crippen MR) is 139 cm³/mol. The Balaban J connectivity index is 1.53. The van der Waals surface area contributed by atoms with Crippen LogP contribution in [0.15, 0.2) is 77.7 Å². The topological polar surface area (TPSA) is 119 Å². The van der Waals surface area contributed by atoms with Gasteiger partial charge >= 0.3 is 5.97 Å². The van der Waals surface area contributed by atoms with Crippen LogP contribution in [0.25, 0.3) is 0 Å². The van der Waals surface area contributed by atoms with Crippen molar-refractivity contribution in [3.05, 3.63) is 83.9 Å². The Morgan fingerprint density at radius 1 is 1.00 bits per heavy atom. The lowest BCUT2D eigenvalue weighted by atomic mass is 10.1. The van der Waals surface area contributed by atoms with Gasteiger partial charge in [0.15, 0.2) is 0 Å². The average molecular weight is 509 g/mol. The zero-order valence-corrected chi connectivity index (χ0v) is 20.7. The molecule has 0 unspecified atom stereocenters. The number of piperazine rings is 1. The molecule has 0 radical (unpaired) electrons. The number of amides is 1. The minimum Gasteiger partial charge on any atom is -0.480 e. The number of hydrogen-bond donors (Lipinski definition) is 3. The summed E-state index contributed by atoms with van der Waals surface area (Å²) >= 11 is 0. The molecule has 3 aromatic carbocycles. The lowest BCUT2D eigenvalue weighted by Crippen LogP contribution is -2.43. The summed E-state index contributed by atoms with van der Waals surface area (Å²) in [6.45, 7) is 4.66. The number of sulfonamides is 1. The second kappa shape index (κ2) is 10.8. The standard InChI is InChI=1S/C26H28N4O5S/c1-19-17-22(30(18-25(31)32)36(34,35)23-5-3-2-4-6-23)11-12-24(19)28-26(33)20-7-9-21(10-8-20)29-15-13-27-14-16-29/h2-12,17,27H,13-16,18H2,1H3,(H,28,33)(H,31,32). The number of aryl methyl sites for hydroxylation is 1. The summed E-state index contributed by atoms with van der Waals surface area (Å²) in [5.41, 5.74) is 2.85. The first-order valence-electron chi connectivity index (χ1n) is 11.5. The molecule has 1 aliphatic heterocycles. The number of carbonyl (C=O) groups is 2. The van der Waals surface area contributed by atoms with Crippen LogP contribution >= 0.6 is 0 Å². The van der Waals surface area contributed by atoms with Gasteiger partial charge in [0, 0.05) is 43.1 Å². The van der Waals surface area contributed by atoms with Gasteiger partial charge in [-0.05, 0) is 67.1 Å². The zero-order valence-electron chi connectivity index (χ0n) is 19.8. The van der Waals surface area contributed by atoms with Crippen molar-refractivity contribution in [3.8, 4) is 0 Å². The summed E-state index contributed by atoms with van der Waals surface area (Å²) in [6.07, 6.45) is 0. The Morgan fingerprint density at radius 2 is 1.67 bits per heavy atom. The van der Waals surface area contributed by atoms with Gasteiger partial charge in [0.05, 0.1) is 10.6 Å². The summed E-state index contributed by atoms with van der Waals surface area (Å²) in [7, 11) is -4.10. The van der Waals surface area contributed by atoms with Crippen LogP contribution in [0.4, 0.5) is 17.1 Å². The molecule has 0 aromatic heterocycles. The molecule has 0 saturated carbocycles. The maximum absolute atomic E-state index is 13.2. The molecule has 10 heteroatoms. The molecule has 0 aliphatic carbocycles. The van der Waals surface area contributed by atoms with Gasteiger partial charge in [-0.3, -0.25) is 13.9 Å². The third-order valence-electron chi connectivity index (χ3n) is 5.97. The van der Waals surface area contributed by atoms with Crippen molar-refractivity contribution in [2.75, 3.05) is 47.2 Å². The molecule has 4 rings (SSSR count). The van der Waals surface area contributed by atoms with Crippen LogP contribution in [0.3, 0.4) is 0 Å². The Bertz CT molecular complexity index is 1340. The summed E-state index contributed by atoms with van der Waals surface area (Å²) in [6, 6.07) is 19.7. The average Bonchev–Trinajstić information content (AvgIpc) is 2.89. The Morgan fingerprint density at radius 3 is 2.28 bits per heavy atom. The number of nitrogens with one attached hydrogen (secondary N) is 2. The van der Waals surface area contributed by atoms with Crippen molar-refractivity contribution in [1.29, 1.82) is 0 Å². The Kier molecular flexibility index (Phi) is 7.56. The first-order valence-corrected chi connectivity index (χ1v) is 13.0. The van der Waals surface area contributed by atoms with Crippen molar-refractivity contribution in [3.63, 3.8) is 0 Å². The number of hydrogen-bond acceptors (Lipinski definition) is 6. The maximum Gasteiger partial charge on any atom is 0.324 e. The molecule has 1 fully saturated rings. The molecule has 9 nitrogen and oxygen atoms in total. The van der Waals surface area contributed by atoms with Gasteiger partial charge in [-0.2, -0.15) is 0 Å². The number of carboxylic acids is 1. The molecule has 1 aliphatic rings. The Labute approximate surface area is 210 Å². The smallest absolute Gasteiger partial charge is 0.324 e. The second-order valence-corrected chi connectivity index (χ2v) is 10.3. The van der Waals surface area contributed by atoms with Crippen LogP contribution in [0.5, 0.6) is 0 Å². The van der Waals surface area contributed by atoms with Crippen LogP contribution in [-0.4, -0.2) is 58.1 Å². The van der Waals surface area contributed by atoms with Crippen LogP contribution in [0.1, 0.15) is 15.9 Å². The number of carboxylic acid groups (broad SMARTS) is 1. The van der Waals surface area contributed by atoms with E-state index in [4.69, 9.17) is 0 Å². The highest BCUT2D eigenvalue weighted by atomic mass is 32.2. The van der Waals surface area contributed by atoms with E-state index in [-0.39, 0.29) is 16.5 Å². The van der Waals surface area contributed by atoms with E-state index in [9.17, 15) is 23.1 Å². The highest BCUT2D eigenvalue weighted by Crippen LogP contribution is 2.28. The molecular formula is C26H28N4O5S. The van der Waals surface area contributed by atoms with Crippen LogP contribution in [-0.2, 0) is 14.8 Å². The van der Waals surface area contributed by atoms with Crippen LogP contribution in [0.2, 0.25) is 0 Å². The van der Waals surface area contributed by atoms with Gasteiger partial charge < -0.3 is 20.6 Å². The molecule has 3 aromatic rings. The minimum absolute atomic E-state index is 0.00875. The molecule has 0 atom stereocenters. The number of rotatable bonds is 8. The first kappa shape index (κ1) is 25.2. The highest BCUT2D eigenvalue weighted by molar-refractivity contribution is 7.92. The van der Waals surface area contributed by atoms with E-state index in [1.54, 1.807) is 49.4 Å². The maximum atomic E-state index is 13.2. The minimum atomic E-state index is -4.10. The van der Waals surface area contributed by atoms with Crippen LogP contribution in [0, 0.1) is 6.92 Å². The number of anilines is 3. The molecule has 188 valence electrons. The summed E-state index contributed by atoms with van der Waals surface area (Å²) < 4.78 is 27.2. The van der Waals surface area contributed by atoms with Gasteiger partial charge in [0.2, 0.25) is 0 Å². The van der Waals surface area contributed by atoms with E-state index >= 15 is 0 Å². The van der Waals surface area contributed by atoms with E-state index in [2.05, 4.69) is 15.5 Å². The monoisotopic (exact) mass is 508 g/mol. The molecule has 0 bridgehead atoms. The molecular weight excluding hydrogens is 480 g/mol. The first-order chi connectivity index (χ1) is 17.3. The van der Waals surface area contributed by atoms with Gasteiger partial charge in [0.1, 0.15) is 6.54 Å². The lowest BCUT2D eigenvalue weighted by Gasteiger charge is -2.29. The van der Waals surface area contributed by atoms with Crippen molar-refractivity contribution < 1.29 is 23.1 Å². The van der Waals surface area contributed by atoms with E-state index < -0.39 is 22.5 Å². The summed E-state index contributed by atoms with van der Waals surface area (Å²) in [5, 5.41) is 15.5. The molecule has 3 N–H and O–H groups in total. The van der Waals surface area contributed by atoms with Gasteiger partial charge in [-0.25, -0.2) is 8.42 Å². The van der Waals surface area contributed by atoms with Gasteiger partial charge in [-0.1, -0.05) is 18.2 Å². The molecule has 1 amide bonds. The lowest BCUT2D eigenvalue weighted by molar-refractivity contribution is -0.135.